The van der Waals surface area contributed by atoms with Crippen molar-refractivity contribution in [1.29, 1.82) is 0 Å². The Balaban J connectivity index is 1.71. The van der Waals surface area contributed by atoms with E-state index in [0.29, 0.717) is 24.3 Å². The maximum atomic E-state index is 12.1. The van der Waals surface area contributed by atoms with Gasteiger partial charge in [0.25, 0.3) is 0 Å². The molecule has 0 saturated carbocycles. The highest BCUT2D eigenvalue weighted by Gasteiger charge is 2.18. The molecule has 0 atom stereocenters. The maximum Gasteiger partial charge on any atom is 0.407 e. The molecule has 2 aromatic rings. The highest BCUT2D eigenvalue weighted by Crippen LogP contribution is 2.16. The van der Waals surface area contributed by atoms with E-state index in [1.54, 1.807) is 26.8 Å². The van der Waals surface area contributed by atoms with E-state index in [9.17, 15) is 9.59 Å². The summed E-state index contributed by atoms with van der Waals surface area (Å²) < 4.78 is 21.1. The Morgan fingerprint density at radius 1 is 1.11 bits per heavy atom. The Bertz CT molecular complexity index is 732. The van der Waals surface area contributed by atoms with Gasteiger partial charge in [-0.3, -0.25) is 0 Å². The molecule has 0 bridgehead atoms. The molecule has 1 aromatic heterocycles. The average molecular weight is 375 g/mol. The molecule has 0 aliphatic rings. The van der Waals surface area contributed by atoms with Crippen molar-refractivity contribution in [2.45, 2.75) is 39.4 Å². The lowest BCUT2D eigenvalue weighted by molar-refractivity contribution is 0.0450. The lowest BCUT2D eigenvalue weighted by Gasteiger charge is -2.19. The number of nitrogens with one attached hydrogen (secondary N) is 1. The van der Waals surface area contributed by atoms with Crippen LogP contribution in [0, 0.1) is 0 Å². The molecule has 1 amide bonds. The molecule has 0 spiro atoms. The molecule has 146 valence electrons. The number of carbonyl (C=O) groups excluding carboxylic acids is 2. The topological polar surface area (TPSA) is 87.0 Å². The third kappa shape index (κ3) is 7.43. The van der Waals surface area contributed by atoms with Gasteiger partial charge in [-0.05, 0) is 45.4 Å². The van der Waals surface area contributed by atoms with E-state index < -0.39 is 17.7 Å². The van der Waals surface area contributed by atoms with Crippen LogP contribution in [0.5, 0.6) is 5.75 Å². The van der Waals surface area contributed by atoms with Gasteiger partial charge in [0.05, 0.1) is 12.9 Å². The molecule has 2 rings (SSSR count). The van der Waals surface area contributed by atoms with Crippen LogP contribution in [0.2, 0.25) is 0 Å². The second-order valence-corrected chi connectivity index (χ2v) is 6.79. The summed E-state index contributed by atoms with van der Waals surface area (Å²) in [5.41, 5.74) is 0.0596. The summed E-state index contributed by atoms with van der Waals surface area (Å²) in [5, 5.41) is 2.60. The minimum Gasteiger partial charge on any atom is -0.489 e. The van der Waals surface area contributed by atoms with Gasteiger partial charge >= 0.3 is 12.1 Å². The lowest BCUT2D eigenvalue weighted by Crippen LogP contribution is -2.33. The van der Waals surface area contributed by atoms with Gasteiger partial charge in [0.15, 0.2) is 0 Å². The SMILES string of the molecule is CC(C)(C)OC(=O)NCCCOC(=O)c1occc1COc1ccccc1. The minimum atomic E-state index is -0.566. The quantitative estimate of drug-likeness (QED) is 0.556. The number of para-hydroxylation sites is 1. The van der Waals surface area contributed by atoms with E-state index >= 15 is 0 Å². The Labute approximate surface area is 158 Å². The van der Waals surface area contributed by atoms with Crippen molar-refractivity contribution in [3.8, 4) is 5.75 Å². The summed E-state index contributed by atoms with van der Waals surface area (Å²) in [6, 6.07) is 11.0. The van der Waals surface area contributed by atoms with Crippen LogP contribution in [-0.4, -0.2) is 30.8 Å². The first-order chi connectivity index (χ1) is 12.8. The minimum absolute atomic E-state index is 0.117. The van der Waals surface area contributed by atoms with E-state index in [0.717, 1.165) is 0 Å². The third-order valence-electron chi connectivity index (χ3n) is 3.29. The Morgan fingerprint density at radius 2 is 1.85 bits per heavy atom. The monoisotopic (exact) mass is 375 g/mol. The van der Waals surface area contributed by atoms with Crippen LogP contribution in [0.4, 0.5) is 4.79 Å². The van der Waals surface area contributed by atoms with Gasteiger partial charge in [-0.1, -0.05) is 18.2 Å². The second-order valence-electron chi connectivity index (χ2n) is 6.79. The molecule has 0 unspecified atom stereocenters. The van der Waals surface area contributed by atoms with Crippen LogP contribution in [0.1, 0.15) is 43.3 Å². The molecule has 0 saturated heterocycles. The lowest BCUT2D eigenvalue weighted by atomic mass is 10.2. The Hall–Kier alpha value is -2.96. The Morgan fingerprint density at radius 3 is 2.56 bits per heavy atom. The summed E-state index contributed by atoms with van der Waals surface area (Å²) in [6.07, 6.45) is 1.38. The zero-order valence-electron chi connectivity index (χ0n) is 15.8. The van der Waals surface area contributed by atoms with Crippen LogP contribution < -0.4 is 10.1 Å². The fourth-order valence-corrected chi connectivity index (χ4v) is 2.11. The first kappa shape index (κ1) is 20.4. The smallest absolute Gasteiger partial charge is 0.407 e. The van der Waals surface area contributed by atoms with E-state index in [4.69, 9.17) is 18.6 Å². The van der Waals surface area contributed by atoms with Crippen molar-refractivity contribution in [3.05, 3.63) is 54.0 Å². The van der Waals surface area contributed by atoms with Crippen molar-refractivity contribution >= 4 is 12.1 Å². The number of alkyl carbamates (subject to hydrolysis) is 1. The van der Waals surface area contributed by atoms with Crippen molar-refractivity contribution < 1.29 is 28.2 Å². The molecule has 1 N–H and O–H groups in total. The van der Waals surface area contributed by atoms with Crippen LogP contribution in [-0.2, 0) is 16.1 Å². The van der Waals surface area contributed by atoms with Gasteiger partial charge in [-0.2, -0.15) is 0 Å². The molecule has 0 aliphatic carbocycles. The summed E-state index contributed by atoms with van der Waals surface area (Å²) >= 11 is 0. The standard InChI is InChI=1S/C20H25NO6/c1-20(2,3)27-19(23)21-11-7-12-25-18(22)17-15(10-13-24-17)14-26-16-8-5-4-6-9-16/h4-6,8-10,13H,7,11-12,14H2,1-3H3,(H,21,23). The van der Waals surface area contributed by atoms with Crippen molar-refractivity contribution in [3.63, 3.8) is 0 Å². The fraction of sp³-hybridized carbons (Fsp3) is 0.400. The number of esters is 1. The molecule has 0 fully saturated rings. The summed E-state index contributed by atoms with van der Waals surface area (Å²) in [7, 11) is 0. The molecular formula is C20H25NO6. The second kappa shape index (κ2) is 9.66. The van der Waals surface area contributed by atoms with Gasteiger partial charge < -0.3 is 23.9 Å². The molecule has 7 nitrogen and oxygen atoms in total. The summed E-state index contributed by atoms with van der Waals surface area (Å²) in [6.45, 7) is 6.05. The molecule has 0 radical (unpaired) electrons. The van der Waals surface area contributed by atoms with Crippen molar-refractivity contribution in [2.75, 3.05) is 13.2 Å². The number of benzene rings is 1. The number of furan rings is 1. The first-order valence-electron chi connectivity index (χ1n) is 8.73. The highest BCUT2D eigenvalue weighted by atomic mass is 16.6. The Kier molecular flexibility index (Phi) is 7.28. The molecule has 1 aromatic carbocycles. The van der Waals surface area contributed by atoms with Crippen LogP contribution in [0.25, 0.3) is 0 Å². The number of ether oxygens (including phenoxy) is 3. The molecule has 0 aliphatic heterocycles. The predicted molar refractivity (Wildman–Crippen MR) is 98.6 cm³/mol. The third-order valence-corrected chi connectivity index (χ3v) is 3.29. The zero-order valence-corrected chi connectivity index (χ0v) is 15.8. The molecule has 27 heavy (non-hydrogen) atoms. The summed E-state index contributed by atoms with van der Waals surface area (Å²) in [4.78, 5) is 23.6. The predicted octanol–water partition coefficient (Wildman–Crippen LogP) is 3.93. The number of hydrogen-bond acceptors (Lipinski definition) is 6. The van der Waals surface area contributed by atoms with Gasteiger partial charge in [0.2, 0.25) is 5.76 Å². The van der Waals surface area contributed by atoms with Gasteiger partial charge in [0.1, 0.15) is 18.0 Å². The van der Waals surface area contributed by atoms with E-state index in [2.05, 4.69) is 5.32 Å². The molecule has 1 heterocycles. The van der Waals surface area contributed by atoms with Gasteiger partial charge in [0, 0.05) is 12.1 Å². The number of amides is 1. The summed E-state index contributed by atoms with van der Waals surface area (Å²) in [5.74, 6) is 0.251. The molecular weight excluding hydrogens is 350 g/mol. The maximum absolute atomic E-state index is 12.1. The number of rotatable bonds is 8. The van der Waals surface area contributed by atoms with Crippen LogP contribution in [0.15, 0.2) is 47.1 Å². The van der Waals surface area contributed by atoms with E-state index in [1.165, 1.54) is 6.26 Å². The van der Waals surface area contributed by atoms with Crippen LogP contribution >= 0.6 is 0 Å². The largest absolute Gasteiger partial charge is 0.489 e. The number of carbonyl (C=O) groups is 2. The zero-order chi connectivity index (χ0) is 19.7. The normalized spacial score (nSPS) is 10.9. The van der Waals surface area contributed by atoms with Crippen molar-refractivity contribution in [2.24, 2.45) is 0 Å². The van der Waals surface area contributed by atoms with Crippen LogP contribution in [0.3, 0.4) is 0 Å². The highest BCUT2D eigenvalue weighted by molar-refractivity contribution is 5.87. The average Bonchev–Trinajstić information content (AvgIpc) is 3.07. The fourth-order valence-electron chi connectivity index (χ4n) is 2.11. The van der Waals surface area contributed by atoms with E-state index in [-0.39, 0.29) is 19.0 Å². The number of hydrogen-bond donors (Lipinski definition) is 1. The van der Waals surface area contributed by atoms with Gasteiger partial charge in [-0.15, -0.1) is 0 Å². The molecule has 7 heteroatoms. The van der Waals surface area contributed by atoms with Crippen molar-refractivity contribution in [1.82, 2.24) is 5.32 Å². The van der Waals surface area contributed by atoms with Gasteiger partial charge in [-0.25, -0.2) is 9.59 Å². The first-order valence-corrected chi connectivity index (χ1v) is 8.73. The van der Waals surface area contributed by atoms with E-state index in [1.807, 2.05) is 30.3 Å².